The number of nitrogens with zero attached hydrogens (tertiary/aromatic N) is 1. The number of amides is 2. The van der Waals surface area contributed by atoms with Gasteiger partial charge in [-0.05, 0) is 30.7 Å². The second-order valence-electron chi connectivity index (χ2n) is 7.05. The average Bonchev–Trinajstić information content (AvgIpc) is 2.78. The van der Waals surface area contributed by atoms with E-state index >= 15 is 0 Å². The molecule has 2 aromatic carbocycles. The number of rotatable bonds is 6. The van der Waals surface area contributed by atoms with Gasteiger partial charge in [0.25, 0.3) is 0 Å². The zero-order valence-corrected chi connectivity index (χ0v) is 18.2. The van der Waals surface area contributed by atoms with Crippen molar-refractivity contribution in [1.82, 2.24) is 5.32 Å². The molecule has 0 fully saturated rings. The average molecular weight is 453 g/mol. The number of aryl methyl sites for hydroxylation is 1. The maximum absolute atomic E-state index is 14.6. The van der Waals surface area contributed by atoms with Crippen LogP contribution in [0.15, 0.2) is 59.1 Å². The van der Waals surface area contributed by atoms with Crippen molar-refractivity contribution in [1.29, 1.82) is 5.26 Å². The minimum atomic E-state index is -1.43. The monoisotopic (exact) mass is 453 g/mol. The summed E-state index contributed by atoms with van der Waals surface area (Å²) >= 11 is 0.929. The van der Waals surface area contributed by atoms with Crippen molar-refractivity contribution in [3.05, 3.63) is 76.1 Å². The molecule has 0 saturated carbocycles. The van der Waals surface area contributed by atoms with E-state index in [0.717, 1.165) is 24.4 Å². The summed E-state index contributed by atoms with van der Waals surface area (Å²) < 4.78 is 19.3. The number of esters is 1. The van der Waals surface area contributed by atoms with Gasteiger partial charge in [-0.1, -0.05) is 47.7 Å². The zero-order valence-electron chi connectivity index (χ0n) is 17.3. The molecule has 7 nitrogen and oxygen atoms in total. The number of thioether (sulfide) groups is 1. The Hall–Kier alpha value is -3.64. The smallest absolute Gasteiger partial charge is 0.319 e. The summed E-state index contributed by atoms with van der Waals surface area (Å²) in [5.41, 5.74) is 1.67. The van der Waals surface area contributed by atoms with Crippen molar-refractivity contribution in [2.75, 3.05) is 18.2 Å². The highest BCUT2D eigenvalue weighted by molar-refractivity contribution is 8.03. The number of hydrogen-bond donors (Lipinski definition) is 2. The first-order valence-corrected chi connectivity index (χ1v) is 10.6. The fraction of sp³-hybridized carbons (Fsp3) is 0.217. The number of carbonyl (C=O) groups excluding carboxylic acids is 3. The highest BCUT2D eigenvalue weighted by Crippen LogP contribution is 2.41. The molecule has 0 spiro atoms. The van der Waals surface area contributed by atoms with Gasteiger partial charge in [-0.3, -0.25) is 14.4 Å². The van der Waals surface area contributed by atoms with Gasteiger partial charge in [-0.25, -0.2) is 4.39 Å². The van der Waals surface area contributed by atoms with Crippen LogP contribution >= 0.6 is 11.8 Å². The first-order valence-electron chi connectivity index (χ1n) is 9.62. The van der Waals surface area contributed by atoms with Crippen molar-refractivity contribution in [2.24, 2.45) is 5.92 Å². The van der Waals surface area contributed by atoms with Gasteiger partial charge in [0.1, 0.15) is 11.7 Å². The van der Waals surface area contributed by atoms with Crippen LogP contribution in [0.25, 0.3) is 0 Å². The molecular weight excluding hydrogens is 433 g/mol. The molecule has 0 unspecified atom stereocenters. The fourth-order valence-electron chi connectivity index (χ4n) is 3.35. The quantitative estimate of drug-likeness (QED) is 0.514. The Morgan fingerprint density at radius 1 is 1.22 bits per heavy atom. The van der Waals surface area contributed by atoms with Gasteiger partial charge < -0.3 is 15.4 Å². The van der Waals surface area contributed by atoms with E-state index in [1.807, 2.05) is 25.1 Å². The minimum Gasteiger partial charge on any atom is -0.468 e. The number of carbonyl (C=O) groups is 3. The lowest BCUT2D eigenvalue weighted by Gasteiger charge is -2.31. The summed E-state index contributed by atoms with van der Waals surface area (Å²) in [5.74, 6) is -5.34. The molecule has 9 heteroatoms. The minimum absolute atomic E-state index is 0.0155. The van der Waals surface area contributed by atoms with Crippen LogP contribution in [0.3, 0.4) is 0 Å². The molecule has 2 aromatic rings. The molecule has 0 radical (unpaired) electrons. The summed E-state index contributed by atoms with van der Waals surface area (Å²) in [4.78, 5) is 37.4. The molecule has 2 atom stereocenters. The predicted octanol–water partition coefficient (Wildman–Crippen LogP) is 3.24. The van der Waals surface area contributed by atoms with Crippen molar-refractivity contribution in [3.63, 3.8) is 0 Å². The van der Waals surface area contributed by atoms with E-state index in [1.54, 1.807) is 18.2 Å². The highest BCUT2D eigenvalue weighted by Gasteiger charge is 2.45. The third-order valence-electron chi connectivity index (χ3n) is 4.91. The zero-order chi connectivity index (χ0) is 23.3. The Labute approximate surface area is 188 Å². The molecule has 0 saturated heterocycles. The van der Waals surface area contributed by atoms with Crippen molar-refractivity contribution < 1.29 is 23.5 Å². The Bertz CT molecular complexity index is 1120. The number of nitriles is 1. The van der Waals surface area contributed by atoms with Gasteiger partial charge in [0.2, 0.25) is 11.8 Å². The lowest BCUT2D eigenvalue weighted by Crippen LogP contribution is -2.44. The number of methoxy groups -OCH3 is 1. The standard InChI is InChI=1S/C23H20FN3O4S/c1-13-7-9-14(10-8-13)26-18(28)12-32-22-16(11-25)19(15-5-3-4-6-17(15)24)20(21(29)27-22)23(30)31-2/h3-10,19-20H,12H2,1-2H3,(H,26,28)(H,27,29)/t19-,20+/m1/s1. The van der Waals surface area contributed by atoms with Gasteiger partial charge in [0, 0.05) is 11.6 Å². The van der Waals surface area contributed by atoms with E-state index in [0.29, 0.717) is 5.69 Å². The highest BCUT2D eigenvalue weighted by atomic mass is 32.2. The van der Waals surface area contributed by atoms with Gasteiger partial charge in [-0.2, -0.15) is 5.26 Å². The number of ether oxygens (including phenoxy) is 1. The van der Waals surface area contributed by atoms with Crippen molar-refractivity contribution >= 4 is 35.2 Å². The predicted molar refractivity (Wildman–Crippen MR) is 118 cm³/mol. The molecule has 1 aliphatic rings. The first-order chi connectivity index (χ1) is 15.3. The van der Waals surface area contributed by atoms with Gasteiger partial charge in [0.05, 0.1) is 29.5 Å². The SMILES string of the molecule is COC(=O)[C@@H]1C(=O)NC(SCC(=O)Nc2ccc(C)cc2)=C(C#N)[C@H]1c1ccccc1F. The van der Waals surface area contributed by atoms with E-state index in [2.05, 4.69) is 10.6 Å². The first kappa shape index (κ1) is 23.0. The number of halogens is 1. The lowest BCUT2D eigenvalue weighted by molar-refractivity contribution is -0.150. The second kappa shape index (κ2) is 10.1. The summed E-state index contributed by atoms with van der Waals surface area (Å²) in [5, 5.41) is 15.2. The molecular formula is C23H20FN3O4S. The van der Waals surface area contributed by atoms with Gasteiger partial charge >= 0.3 is 5.97 Å². The Balaban J connectivity index is 1.89. The molecule has 0 bridgehead atoms. The molecule has 164 valence electrons. The maximum atomic E-state index is 14.6. The third-order valence-corrected chi connectivity index (χ3v) is 5.92. The van der Waals surface area contributed by atoms with E-state index < -0.39 is 29.5 Å². The summed E-state index contributed by atoms with van der Waals surface area (Å²) in [6.45, 7) is 1.93. The second-order valence-corrected chi connectivity index (χ2v) is 8.03. The molecule has 1 heterocycles. The van der Waals surface area contributed by atoms with Crippen LogP contribution in [0.4, 0.5) is 10.1 Å². The lowest BCUT2D eigenvalue weighted by atomic mass is 9.78. The third kappa shape index (κ3) is 4.98. The van der Waals surface area contributed by atoms with Crippen molar-refractivity contribution in [2.45, 2.75) is 12.8 Å². The summed E-state index contributed by atoms with van der Waals surface area (Å²) in [7, 11) is 1.11. The van der Waals surface area contributed by atoms with Crippen LogP contribution in [0.1, 0.15) is 17.0 Å². The normalized spacial score (nSPS) is 17.9. The van der Waals surface area contributed by atoms with Crippen LogP contribution in [-0.2, 0) is 19.1 Å². The van der Waals surface area contributed by atoms with E-state index in [-0.39, 0.29) is 27.8 Å². The Morgan fingerprint density at radius 3 is 2.53 bits per heavy atom. The number of hydrogen-bond acceptors (Lipinski definition) is 6. The summed E-state index contributed by atoms with van der Waals surface area (Å²) in [6.07, 6.45) is 0. The van der Waals surface area contributed by atoms with Crippen LogP contribution < -0.4 is 10.6 Å². The largest absolute Gasteiger partial charge is 0.468 e. The molecule has 0 aliphatic carbocycles. The van der Waals surface area contributed by atoms with E-state index in [9.17, 15) is 24.0 Å². The van der Waals surface area contributed by atoms with E-state index in [4.69, 9.17) is 4.74 Å². The van der Waals surface area contributed by atoms with Crippen molar-refractivity contribution in [3.8, 4) is 6.07 Å². The number of allylic oxidation sites excluding steroid dienone is 1. The van der Waals surface area contributed by atoms with Crippen LogP contribution in [0, 0.1) is 30.0 Å². The fourth-order valence-corrected chi connectivity index (χ4v) is 4.20. The number of nitrogens with one attached hydrogen (secondary N) is 2. The van der Waals surface area contributed by atoms with Gasteiger partial charge in [-0.15, -0.1) is 0 Å². The Kier molecular flexibility index (Phi) is 7.28. The van der Waals surface area contributed by atoms with Gasteiger partial charge in [0.15, 0.2) is 0 Å². The van der Waals surface area contributed by atoms with Crippen LogP contribution in [0.5, 0.6) is 0 Å². The molecule has 2 N–H and O–H groups in total. The molecule has 32 heavy (non-hydrogen) atoms. The Morgan fingerprint density at radius 2 is 1.91 bits per heavy atom. The topological polar surface area (TPSA) is 108 Å². The number of anilines is 1. The summed E-state index contributed by atoms with van der Waals surface area (Å²) in [6, 6.07) is 14.8. The van der Waals surface area contributed by atoms with E-state index in [1.165, 1.54) is 18.2 Å². The van der Waals surface area contributed by atoms with Crippen LogP contribution in [-0.4, -0.2) is 30.6 Å². The van der Waals surface area contributed by atoms with Crippen LogP contribution in [0.2, 0.25) is 0 Å². The number of benzene rings is 2. The molecule has 1 aliphatic heterocycles. The molecule has 2 amide bonds. The molecule has 3 rings (SSSR count). The molecule has 0 aromatic heterocycles. The maximum Gasteiger partial charge on any atom is 0.319 e.